The third-order valence-corrected chi connectivity index (χ3v) is 2.09. The van der Waals surface area contributed by atoms with E-state index in [9.17, 15) is 9.59 Å². The maximum Gasteiger partial charge on any atom is 0.331 e. The second kappa shape index (κ2) is 4.65. The quantitative estimate of drug-likeness (QED) is 0.724. The van der Waals surface area contributed by atoms with Gasteiger partial charge in [0.15, 0.2) is 6.04 Å². The summed E-state index contributed by atoms with van der Waals surface area (Å²) >= 11 is 5.79. The largest absolute Gasteiger partial charge is 0.479 e. The summed E-state index contributed by atoms with van der Waals surface area (Å²) in [5, 5.41) is 11.2. The molecule has 80 valence electrons. The molecule has 0 radical (unpaired) electrons. The summed E-state index contributed by atoms with van der Waals surface area (Å²) < 4.78 is 0. The number of halogens is 1. The molecule has 6 heteroatoms. The summed E-state index contributed by atoms with van der Waals surface area (Å²) in [7, 11) is 0. The van der Waals surface area contributed by atoms with Gasteiger partial charge in [-0.3, -0.25) is 0 Å². The molecule has 0 aliphatic carbocycles. The fraction of sp³-hybridized carbons (Fsp3) is 0.111. The molecule has 0 heterocycles. The predicted octanol–water partition coefficient (Wildman–Crippen LogP) is 1.13. The number of aliphatic carboxylic acids is 1. The van der Waals surface area contributed by atoms with Gasteiger partial charge in [0.2, 0.25) is 0 Å². The molecule has 4 N–H and O–H groups in total. The molecule has 0 aromatic heterocycles. The van der Waals surface area contributed by atoms with E-state index in [0.717, 1.165) is 0 Å². The summed E-state index contributed by atoms with van der Waals surface area (Å²) in [6.07, 6.45) is 0. The molecule has 0 saturated heterocycles. The summed E-state index contributed by atoms with van der Waals surface area (Å²) in [5.74, 6) is -1.22. The Hall–Kier alpha value is -1.75. The zero-order chi connectivity index (χ0) is 11.4. The van der Waals surface area contributed by atoms with Crippen molar-refractivity contribution in [3.8, 4) is 0 Å². The number of hydrogen-bond donors (Lipinski definition) is 3. The number of rotatable bonds is 3. The molecule has 5 nitrogen and oxygen atoms in total. The molecule has 1 aromatic carbocycles. The van der Waals surface area contributed by atoms with Gasteiger partial charge >= 0.3 is 12.0 Å². The fourth-order valence-corrected chi connectivity index (χ4v) is 1.37. The molecule has 1 aromatic rings. The third kappa shape index (κ3) is 2.85. The predicted molar refractivity (Wildman–Crippen MR) is 54.5 cm³/mol. The maximum absolute atomic E-state index is 10.9. The zero-order valence-corrected chi connectivity index (χ0v) is 8.36. The second-order valence-electron chi connectivity index (χ2n) is 2.80. The van der Waals surface area contributed by atoms with Crippen LogP contribution in [-0.2, 0) is 4.79 Å². The number of amides is 2. The van der Waals surface area contributed by atoms with E-state index in [1.54, 1.807) is 12.1 Å². The number of primary amides is 1. The zero-order valence-electron chi connectivity index (χ0n) is 7.61. The van der Waals surface area contributed by atoms with Crippen molar-refractivity contribution in [3.05, 3.63) is 34.9 Å². The minimum atomic E-state index is -1.23. The highest BCUT2D eigenvalue weighted by atomic mass is 35.5. The Kier molecular flexibility index (Phi) is 3.51. The highest BCUT2D eigenvalue weighted by Gasteiger charge is 2.22. The number of carboxylic acids is 1. The van der Waals surface area contributed by atoms with Gasteiger partial charge in [0.25, 0.3) is 0 Å². The first-order chi connectivity index (χ1) is 7.02. The van der Waals surface area contributed by atoms with Gasteiger partial charge in [0, 0.05) is 10.6 Å². The smallest absolute Gasteiger partial charge is 0.331 e. The van der Waals surface area contributed by atoms with Gasteiger partial charge < -0.3 is 16.2 Å². The highest BCUT2D eigenvalue weighted by molar-refractivity contribution is 6.31. The van der Waals surface area contributed by atoms with Crippen LogP contribution in [0, 0.1) is 0 Å². The first kappa shape index (κ1) is 11.3. The first-order valence-electron chi connectivity index (χ1n) is 4.05. The van der Waals surface area contributed by atoms with Gasteiger partial charge in [-0.05, 0) is 6.07 Å². The Bertz CT molecular complexity index is 395. The van der Waals surface area contributed by atoms with Crippen LogP contribution in [0.15, 0.2) is 24.3 Å². The van der Waals surface area contributed by atoms with Crippen LogP contribution < -0.4 is 11.1 Å². The van der Waals surface area contributed by atoms with Crippen molar-refractivity contribution in [3.63, 3.8) is 0 Å². The molecular weight excluding hydrogens is 220 g/mol. The van der Waals surface area contributed by atoms with Crippen molar-refractivity contribution >= 4 is 23.6 Å². The standard InChI is InChI=1S/C9H9ClN2O3/c10-6-4-2-1-3-5(6)7(8(13)14)12-9(11)15/h1-4,7H,(H,13,14)(H3,11,12,15). The molecule has 15 heavy (non-hydrogen) atoms. The first-order valence-corrected chi connectivity index (χ1v) is 4.43. The van der Waals surface area contributed by atoms with Gasteiger partial charge in [0.05, 0.1) is 0 Å². The van der Waals surface area contributed by atoms with Crippen LogP contribution in [0.4, 0.5) is 4.79 Å². The van der Waals surface area contributed by atoms with E-state index in [2.05, 4.69) is 5.32 Å². The minimum Gasteiger partial charge on any atom is -0.479 e. The van der Waals surface area contributed by atoms with E-state index in [1.807, 2.05) is 0 Å². The number of carbonyl (C=O) groups is 2. The van der Waals surface area contributed by atoms with Gasteiger partial charge in [0.1, 0.15) is 0 Å². The second-order valence-corrected chi connectivity index (χ2v) is 3.21. The van der Waals surface area contributed by atoms with Crippen molar-refractivity contribution in [2.45, 2.75) is 6.04 Å². The lowest BCUT2D eigenvalue weighted by molar-refractivity contribution is -0.139. The number of hydrogen-bond acceptors (Lipinski definition) is 2. The lowest BCUT2D eigenvalue weighted by Gasteiger charge is -2.14. The SMILES string of the molecule is NC(=O)NC(C(=O)O)c1ccccc1Cl. The molecule has 2 amide bonds. The van der Waals surface area contributed by atoms with Crippen LogP contribution >= 0.6 is 11.6 Å². The molecule has 0 bridgehead atoms. The molecule has 0 aliphatic rings. The third-order valence-electron chi connectivity index (χ3n) is 1.75. The Labute approximate surface area is 90.8 Å². The number of nitrogens with two attached hydrogens (primary N) is 1. The van der Waals surface area contributed by atoms with Crippen molar-refractivity contribution in [1.29, 1.82) is 0 Å². The van der Waals surface area contributed by atoms with Crippen LogP contribution in [0.2, 0.25) is 5.02 Å². The molecule has 1 atom stereocenters. The van der Waals surface area contributed by atoms with E-state index in [4.69, 9.17) is 22.4 Å². The monoisotopic (exact) mass is 228 g/mol. The number of benzene rings is 1. The number of urea groups is 1. The van der Waals surface area contributed by atoms with Gasteiger partial charge in [-0.2, -0.15) is 0 Å². The maximum atomic E-state index is 10.9. The van der Waals surface area contributed by atoms with Crippen molar-refractivity contribution < 1.29 is 14.7 Å². The fourth-order valence-electron chi connectivity index (χ4n) is 1.12. The number of carboxylic acid groups (broad SMARTS) is 1. The molecule has 1 unspecified atom stereocenters. The Balaban J connectivity index is 3.04. The Morgan fingerprint density at radius 2 is 2.00 bits per heavy atom. The van der Waals surface area contributed by atoms with Crippen LogP contribution in [0.25, 0.3) is 0 Å². The number of nitrogens with one attached hydrogen (secondary N) is 1. The molecule has 0 aliphatic heterocycles. The minimum absolute atomic E-state index is 0.263. The van der Waals surface area contributed by atoms with Crippen molar-refractivity contribution in [2.24, 2.45) is 5.73 Å². The Morgan fingerprint density at radius 3 is 2.47 bits per heavy atom. The van der Waals surface area contributed by atoms with Gasteiger partial charge in [-0.25, -0.2) is 9.59 Å². The molecule has 0 fully saturated rings. The van der Waals surface area contributed by atoms with Crippen molar-refractivity contribution in [2.75, 3.05) is 0 Å². The lowest BCUT2D eigenvalue weighted by atomic mass is 10.1. The summed E-state index contributed by atoms with van der Waals surface area (Å²) in [5.41, 5.74) is 5.16. The van der Waals surface area contributed by atoms with Crippen LogP contribution in [0.3, 0.4) is 0 Å². The van der Waals surface area contributed by atoms with E-state index in [-0.39, 0.29) is 5.02 Å². The van der Waals surface area contributed by atoms with Crippen LogP contribution in [0.5, 0.6) is 0 Å². The number of carbonyl (C=O) groups excluding carboxylic acids is 1. The van der Waals surface area contributed by atoms with Crippen LogP contribution in [-0.4, -0.2) is 17.1 Å². The van der Waals surface area contributed by atoms with Crippen LogP contribution in [0.1, 0.15) is 11.6 Å². The molecule has 0 spiro atoms. The molecular formula is C9H9ClN2O3. The van der Waals surface area contributed by atoms with Crippen molar-refractivity contribution in [1.82, 2.24) is 5.32 Å². The summed E-state index contributed by atoms with van der Waals surface area (Å²) in [6, 6.07) is 4.19. The highest BCUT2D eigenvalue weighted by Crippen LogP contribution is 2.22. The molecule has 0 saturated carbocycles. The van der Waals surface area contributed by atoms with E-state index >= 15 is 0 Å². The normalized spacial score (nSPS) is 11.8. The topological polar surface area (TPSA) is 92.4 Å². The lowest BCUT2D eigenvalue weighted by Crippen LogP contribution is -2.37. The van der Waals surface area contributed by atoms with Gasteiger partial charge in [-0.1, -0.05) is 29.8 Å². The molecule has 1 rings (SSSR count). The Morgan fingerprint density at radius 1 is 1.40 bits per heavy atom. The van der Waals surface area contributed by atoms with E-state index in [0.29, 0.717) is 5.56 Å². The average Bonchev–Trinajstić information content (AvgIpc) is 2.15. The van der Waals surface area contributed by atoms with Gasteiger partial charge in [-0.15, -0.1) is 0 Å². The van der Waals surface area contributed by atoms with E-state index < -0.39 is 18.0 Å². The summed E-state index contributed by atoms with van der Waals surface area (Å²) in [6.45, 7) is 0. The average molecular weight is 229 g/mol. The van der Waals surface area contributed by atoms with E-state index in [1.165, 1.54) is 12.1 Å². The summed E-state index contributed by atoms with van der Waals surface area (Å²) in [4.78, 5) is 21.5.